The molecule has 2 N–H and O–H groups in total. The third-order valence-electron chi connectivity index (χ3n) is 2.54. The van der Waals surface area contributed by atoms with Crippen LogP contribution in [0.15, 0.2) is 24.3 Å². The minimum absolute atomic E-state index is 0.0592. The molecule has 0 radical (unpaired) electrons. The van der Waals surface area contributed by atoms with Gasteiger partial charge < -0.3 is 15.2 Å². The van der Waals surface area contributed by atoms with Crippen molar-refractivity contribution in [2.75, 3.05) is 13.2 Å². The second kappa shape index (κ2) is 7.93. The third kappa shape index (κ3) is 5.09. The lowest BCUT2D eigenvalue weighted by molar-refractivity contribution is -0.158. The summed E-state index contributed by atoms with van der Waals surface area (Å²) in [5.41, 5.74) is 6.29. The number of ether oxygens (including phenoxy) is 2. The fourth-order valence-corrected chi connectivity index (χ4v) is 1.63. The molecule has 0 aliphatic rings. The van der Waals surface area contributed by atoms with Gasteiger partial charge in [0.05, 0.1) is 6.61 Å². The Balaban J connectivity index is 2.45. The van der Waals surface area contributed by atoms with Gasteiger partial charge in [-0.2, -0.15) is 0 Å². The van der Waals surface area contributed by atoms with Gasteiger partial charge in [-0.15, -0.1) is 0 Å². The van der Waals surface area contributed by atoms with Gasteiger partial charge in [-0.25, -0.2) is 4.79 Å². The number of hydrogen-bond acceptors (Lipinski definition) is 5. The third-order valence-corrected chi connectivity index (χ3v) is 2.54. The molecule has 1 rings (SSSR count). The molecule has 0 aliphatic heterocycles. The van der Waals surface area contributed by atoms with Crippen molar-refractivity contribution in [1.82, 2.24) is 0 Å². The van der Waals surface area contributed by atoms with Crippen molar-refractivity contribution in [3.63, 3.8) is 0 Å². The fraction of sp³-hybridized carbons (Fsp3) is 0.357. The van der Waals surface area contributed by atoms with Crippen LogP contribution in [-0.4, -0.2) is 31.1 Å². The molecule has 1 amide bonds. The Kier molecular flexibility index (Phi) is 6.22. The number of hydrogen-bond donors (Lipinski definition) is 1. The van der Waals surface area contributed by atoms with E-state index in [1.807, 2.05) is 0 Å². The first kappa shape index (κ1) is 15.7. The summed E-state index contributed by atoms with van der Waals surface area (Å²) in [7, 11) is 0. The summed E-state index contributed by atoms with van der Waals surface area (Å²) in [6.07, 6.45) is 0.379. The van der Waals surface area contributed by atoms with E-state index < -0.39 is 24.5 Å². The first-order chi connectivity index (χ1) is 9.54. The quantitative estimate of drug-likeness (QED) is 0.746. The topological polar surface area (TPSA) is 95.7 Å². The Labute approximate surface area is 116 Å². The largest absolute Gasteiger partial charge is 0.463 e. The SMILES string of the molecule is CCOC(=O)COC(=O)CCc1ccccc1C(N)=O. The molecule has 0 atom stereocenters. The molecule has 108 valence electrons. The van der Waals surface area contributed by atoms with Crippen molar-refractivity contribution in [2.24, 2.45) is 5.73 Å². The summed E-state index contributed by atoms with van der Waals surface area (Å²) >= 11 is 0. The predicted molar refractivity (Wildman–Crippen MR) is 70.9 cm³/mol. The molecule has 0 aliphatic carbocycles. The number of amides is 1. The molecule has 0 unspecified atom stereocenters. The average Bonchev–Trinajstić information content (AvgIpc) is 2.43. The molecular formula is C14H17NO5. The number of esters is 2. The highest BCUT2D eigenvalue weighted by molar-refractivity contribution is 5.94. The Hall–Kier alpha value is -2.37. The highest BCUT2D eigenvalue weighted by atomic mass is 16.6. The molecule has 0 fully saturated rings. The lowest BCUT2D eigenvalue weighted by Crippen LogP contribution is -2.17. The molecule has 0 saturated carbocycles. The zero-order valence-electron chi connectivity index (χ0n) is 11.3. The first-order valence-electron chi connectivity index (χ1n) is 6.23. The van der Waals surface area contributed by atoms with E-state index in [1.165, 1.54) is 0 Å². The first-order valence-corrected chi connectivity index (χ1v) is 6.23. The Bertz CT molecular complexity index is 498. The van der Waals surface area contributed by atoms with Crippen LogP contribution in [0.3, 0.4) is 0 Å². The molecule has 0 saturated heterocycles. The van der Waals surface area contributed by atoms with Crippen LogP contribution in [0.25, 0.3) is 0 Å². The van der Waals surface area contributed by atoms with Crippen LogP contribution in [0, 0.1) is 0 Å². The van der Waals surface area contributed by atoms with Gasteiger partial charge in [0.2, 0.25) is 5.91 Å². The van der Waals surface area contributed by atoms with Gasteiger partial charge in [0.1, 0.15) is 0 Å². The van der Waals surface area contributed by atoms with Crippen molar-refractivity contribution < 1.29 is 23.9 Å². The lowest BCUT2D eigenvalue weighted by Gasteiger charge is -2.07. The minimum atomic E-state index is -0.585. The highest BCUT2D eigenvalue weighted by Crippen LogP contribution is 2.10. The van der Waals surface area contributed by atoms with Crippen molar-refractivity contribution >= 4 is 17.8 Å². The van der Waals surface area contributed by atoms with Crippen molar-refractivity contribution in [2.45, 2.75) is 19.8 Å². The van der Waals surface area contributed by atoms with Gasteiger partial charge in [-0.1, -0.05) is 18.2 Å². The van der Waals surface area contributed by atoms with E-state index in [-0.39, 0.29) is 13.0 Å². The van der Waals surface area contributed by atoms with E-state index in [1.54, 1.807) is 31.2 Å². The molecule has 0 bridgehead atoms. The van der Waals surface area contributed by atoms with Crippen molar-refractivity contribution in [3.8, 4) is 0 Å². The second-order valence-electron chi connectivity index (χ2n) is 3.99. The Morgan fingerprint density at radius 2 is 1.80 bits per heavy atom. The summed E-state index contributed by atoms with van der Waals surface area (Å²) < 4.78 is 9.38. The molecule has 1 aromatic carbocycles. The van der Waals surface area contributed by atoms with Crippen LogP contribution in [0.1, 0.15) is 29.3 Å². The number of benzene rings is 1. The molecule has 0 aromatic heterocycles. The summed E-state index contributed by atoms with van der Waals surface area (Å²) in [6.45, 7) is 1.51. The zero-order valence-corrected chi connectivity index (χ0v) is 11.3. The van der Waals surface area contributed by atoms with Gasteiger partial charge in [0.15, 0.2) is 6.61 Å². The van der Waals surface area contributed by atoms with Crippen LogP contribution in [-0.2, 0) is 25.5 Å². The van der Waals surface area contributed by atoms with E-state index in [0.29, 0.717) is 17.5 Å². The van der Waals surface area contributed by atoms with Gasteiger partial charge in [-0.05, 0) is 25.0 Å². The van der Waals surface area contributed by atoms with Gasteiger partial charge >= 0.3 is 11.9 Å². The normalized spacial score (nSPS) is 9.85. The van der Waals surface area contributed by atoms with E-state index >= 15 is 0 Å². The highest BCUT2D eigenvalue weighted by Gasteiger charge is 2.11. The molecular weight excluding hydrogens is 262 g/mol. The van der Waals surface area contributed by atoms with Crippen LogP contribution >= 0.6 is 0 Å². The van der Waals surface area contributed by atoms with Gasteiger partial charge in [-0.3, -0.25) is 9.59 Å². The lowest BCUT2D eigenvalue weighted by atomic mass is 10.0. The fourth-order valence-electron chi connectivity index (χ4n) is 1.63. The predicted octanol–water partition coefficient (Wildman–Crippen LogP) is 0.824. The number of carbonyl (C=O) groups is 3. The molecule has 1 aromatic rings. The van der Waals surface area contributed by atoms with Crippen molar-refractivity contribution in [3.05, 3.63) is 35.4 Å². The molecule has 0 spiro atoms. The minimum Gasteiger partial charge on any atom is -0.463 e. The van der Waals surface area contributed by atoms with Crippen LogP contribution in [0.4, 0.5) is 0 Å². The summed E-state index contributed by atoms with van der Waals surface area (Å²) in [5, 5.41) is 0. The van der Waals surface area contributed by atoms with Crippen LogP contribution < -0.4 is 5.73 Å². The number of primary amides is 1. The zero-order chi connectivity index (χ0) is 15.0. The number of aryl methyl sites for hydroxylation is 1. The Morgan fingerprint density at radius 1 is 1.10 bits per heavy atom. The number of nitrogens with two attached hydrogens (primary N) is 1. The van der Waals surface area contributed by atoms with Crippen LogP contribution in [0.5, 0.6) is 0 Å². The maximum atomic E-state index is 11.5. The summed E-state index contributed by atoms with van der Waals surface area (Å²) in [4.78, 5) is 33.7. The smallest absolute Gasteiger partial charge is 0.344 e. The van der Waals surface area contributed by atoms with E-state index in [4.69, 9.17) is 10.5 Å². The standard InChI is InChI=1S/C14H17NO5/c1-2-19-13(17)9-20-12(16)8-7-10-5-3-4-6-11(10)14(15)18/h3-6H,2,7-9H2,1H3,(H2,15,18). The van der Waals surface area contributed by atoms with Crippen LogP contribution in [0.2, 0.25) is 0 Å². The average molecular weight is 279 g/mol. The van der Waals surface area contributed by atoms with Gasteiger partial charge in [0, 0.05) is 12.0 Å². The molecule has 20 heavy (non-hydrogen) atoms. The van der Waals surface area contributed by atoms with E-state index in [2.05, 4.69) is 4.74 Å². The monoisotopic (exact) mass is 279 g/mol. The van der Waals surface area contributed by atoms with Crippen molar-refractivity contribution in [1.29, 1.82) is 0 Å². The number of rotatable bonds is 7. The van der Waals surface area contributed by atoms with E-state index in [9.17, 15) is 14.4 Å². The molecule has 6 heteroatoms. The Morgan fingerprint density at radius 3 is 2.45 bits per heavy atom. The summed E-state index contributed by atoms with van der Waals surface area (Å²) in [5.74, 6) is -1.66. The molecule has 6 nitrogen and oxygen atoms in total. The number of carbonyl (C=O) groups excluding carboxylic acids is 3. The maximum Gasteiger partial charge on any atom is 0.344 e. The second-order valence-corrected chi connectivity index (χ2v) is 3.99. The maximum absolute atomic E-state index is 11.5. The van der Waals surface area contributed by atoms with E-state index in [0.717, 1.165) is 0 Å². The van der Waals surface area contributed by atoms with Gasteiger partial charge in [0.25, 0.3) is 0 Å². The molecule has 0 heterocycles. The summed E-state index contributed by atoms with van der Waals surface area (Å²) in [6, 6.07) is 6.77.